The highest BCUT2D eigenvalue weighted by Crippen LogP contribution is 2.35. The van der Waals surface area contributed by atoms with Crippen LogP contribution >= 0.6 is 0 Å². The fourth-order valence-electron chi connectivity index (χ4n) is 1.89. The number of hydrogen-bond donors (Lipinski definition) is 1. The second-order valence-electron chi connectivity index (χ2n) is 4.24. The summed E-state index contributed by atoms with van der Waals surface area (Å²) in [6.07, 6.45) is 4.43. The fraction of sp³-hybridized carbons (Fsp3) is 0.800. The molecule has 0 aromatic carbocycles. The van der Waals surface area contributed by atoms with Crippen LogP contribution in [0.5, 0.6) is 6.01 Å². The van der Waals surface area contributed by atoms with Crippen molar-refractivity contribution in [1.29, 1.82) is 0 Å². The first kappa shape index (κ1) is 10.4. The average molecular weight is 210 g/mol. The van der Waals surface area contributed by atoms with Gasteiger partial charge in [-0.25, -0.2) is 0 Å². The maximum atomic E-state index is 5.78. The van der Waals surface area contributed by atoms with Crippen molar-refractivity contribution in [3.63, 3.8) is 0 Å². The minimum Gasteiger partial charge on any atom is -0.467 e. The summed E-state index contributed by atoms with van der Waals surface area (Å²) in [5.74, 6) is 0.951. The largest absolute Gasteiger partial charge is 0.467 e. The molecule has 0 aliphatic heterocycles. The smallest absolute Gasteiger partial charge is 0.316 e. The molecule has 15 heavy (non-hydrogen) atoms. The van der Waals surface area contributed by atoms with Gasteiger partial charge in [-0.05, 0) is 26.2 Å². The number of hydrogen-bond acceptors (Lipinski definition) is 4. The number of nitrogens with zero attached hydrogens (tertiary/aromatic N) is 3. The number of ether oxygens (including phenoxy) is 1. The summed E-state index contributed by atoms with van der Waals surface area (Å²) in [7, 11) is 1.63. The lowest BCUT2D eigenvalue weighted by molar-refractivity contribution is 0.261. The Morgan fingerprint density at radius 3 is 2.73 bits per heavy atom. The Bertz CT molecular complexity index is 330. The van der Waals surface area contributed by atoms with Crippen molar-refractivity contribution in [2.75, 3.05) is 7.11 Å². The second kappa shape index (κ2) is 4.18. The second-order valence-corrected chi connectivity index (χ2v) is 4.24. The Balaban J connectivity index is 2.24. The highest BCUT2D eigenvalue weighted by Gasteiger charge is 2.26. The van der Waals surface area contributed by atoms with Crippen LogP contribution in [0.3, 0.4) is 0 Å². The van der Waals surface area contributed by atoms with Crippen LogP contribution in [0.1, 0.15) is 38.1 Å². The molecule has 5 nitrogen and oxygen atoms in total. The molecule has 1 unspecified atom stereocenters. The van der Waals surface area contributed by atoms with Gasteiger partial charge in [0.15, 0.2) is 0 Å². The third-order valence-electron chi connectivity index (χ3n) is 2.86. The van der Waals surface area contributed by atoms with Gasteiger partial charge in [0.25, 0.3) is 0 Å². The van der Waals surface area contributed by atoms with Gasteiger partial charge in [0.1, 0.15) is 5.82 Å². The predicted molar refractivity (Wildman–Crippen MR) is 56.8 cm³/mol. The Labute approximate surface area is 89.6 Å². The highest BCUT2D eigenvalue weighted by molar-refractivity contribution is 5.06. The minimum atomic E-state index is 0.109. The topological polar surface area (TPSA) is 66.0 Å². The van der Waals surface area contributed by atoms with Crippen molar-refractivity contribution in [2.45, 2.75) is 44.7 Å². The first-order valence-corrected chi connectivity index (χ1v) is 5.45. The Morgan fingerprint density at radius 2 is 2.27 bits per heavy atom. The van der Waals surface area contributed by atoms with Gasteiger partial charge < -0.3 is 10.5 Å². The van der Waals surface area contributed by atoms with Crippen LogP contribution < -0.4 is 10.5 Å². The van der Waals surface area contributed by atoms with Gasteiger partial charge in [-0.2, -0.15) is 0 Å². The summed E-state index contributed by atoms with van der Waals surface area (Å²) in [4.78, 5) is 0. The molecule has 5 heteroatoms. The standard InChI is InChI=1S/C10H18N4O/c1-7(11)6-9-12-13-10(15-2)14(9)8-4-3-5-8/h7-8H,3-6,11H2,1-2H3. The summed E-state index contributed by atoms with van der Waals surface area (Å²) in [5.41, 5.74) is 5.78. The quantitative estimate of drug-likeness (QED) is 0.802. The van der Waals surface area contributed by atoms with E-state index in [1.165, 1.54) is 19.3 Å². The van der Waals surface area contributed by atoms with Crippen LogP contribution in [0, 0.1) is 0 Å². The molecular weight excluding hydrogens is 192 g/mol. The molecule has 2 N–H and O–H groups in total. The van der Waals surface area contributed by atoms with E-state index >= 15 is 0 Å². The summed E-state index contributed by atoms with van der Waals surface area (Å²) >= 11 is 0. The minimum absolute atomic E-state index is 0.109. The molecular formula is C10H18N4O. The molecule has 1 aliphatic rings. The summed E-state index contributed by atoms with van der Waals surface area (Å²) in [5, 5.41) is 8.16. The molecule has 0 radical (unpaired) electrons. The Kier molecular flexibility index (Phi) is 2.90. The van der Waals surface area contributed by atoms with Gasteiger partial charge in [-0.1, -0.05) is 5.10 Å². The van der Waals surface area contributed by atoms with Crippen LogP contribution in [0.25, 0.3) is 0 Å². The maximum absolute atomic E-state index is 5.78. The molecule has 0 amide bonds. The van der Waals surface area contributed by atoms with Crippen molar-refractivity contribution in [1.82, 2.24) is 14.8 Å². The summed E-state index contributed by atoms with van der Waals surface area (Å²) in [6, 6.07) is 1.25. The zero-order valence-corrected chi connectivity index (χ0v) is 9.31. The van der Waals surface area contributed by atoms with Crippen LogP contribution in [0.4, 0.5) is 0 Å². The van der Waals surface area contributed by atoms with E-state index in [0.29, 0.717) is 12.1 Å². The molecule has 2 rings (SSSR count). The lowest BCUT2D eigenvalue weighted by Crippen LogP contribution is -2.25. The van der Waals surface area contributed by atoms with Gasteiger partial charge in [0.05, 0.1) is 7.11 Å². The predicted octanol–water partition coefficient (Wildman–Crippen LogP) is 0.901. The maximum Gasteiger partial charge on any atom is 0.316 e. The first-order chi connectivity index (χ1) is 7.22. The van der Waals surface area contributed by atoms with E-state index in [1.807, 2.05) is 6.92 Å². The zero-order chi connectivity index (χ0) is 10.8. The molecule has 1 aliphatic carbocycles. The van der Waals surface area contributed by atoms with E-state index in [9.17, 15) is 0 Å². The normalized spacial score (nSPS) is 18.6. The monoisotopic (exact) mass is 210 g/mol. The van der Waals surface area contributed by atoms with Crippen molar-refractivity contribution in [3.8, 4) is 6.01 Å². The molecule has 0 saturated heterocycles. The van der Waals surface area contributed by atoms with Crippen molar-refractivity contribution >= 4 is 0 Å². The van der Waals surface area contributed by atoms with E-state index in [4.69, 9.17) is 10.5 Å². The highest BCUT2D eigenvalue weighted by atomic mass is 16.5. The molecule has 1 aromatic rings. The van der Waals surface area contributed by atoms with Crippen LogP contribution in [-0.4, -0.2) is 27.9 Å². The van der Waals surface area contributed by atoms with Gasteiger partial charge in [0.2, 0.25) is 0 Å². The van der Waals surface area contributed by atoms with E-state index in [2.05, 4.69) is 14.8 Å². The van der Waals surface area contributed by atoms with E-state index in [-0.39, 0.29) is 6.04 Å². The molecule has 1 heterocycles. The SMILES string of the molecule is COc1nnc(CC(C)N)n1C1CCC1. The molecule has 0 spiro atoms. The summed E-state index contributed by atoms with van der Waals surface area (Å²) < 4.78 is 7.32. The number of methoxy groups -OCH3 is 1. The van der Waals surface area contributed by atoms with Crippen LogP contribution in [-0.2, 0) is 6.42 Å². The molecule has 1 fully saturated rings. The third kappa shape index (κ3) is 1.97. The average Bonchev–Trinajstić information content (AvgIpc) is 2.45. The van der Waals surface area contributed by atoms with Crippen molar-refractivity contribution < 1.29 is 4.74 Å². The summed E-state index contributed by atoms with van der Waals surface area (Å²) in [6.45, 7) is 1.98. The van der Waals surface area contributed by atoms with Crippen LogP contribution in [0.2, 0.25) is 0 Å². The van der Waals surface area contributed by atoms with E-state index < -0.39 is 0 Å². The molecule has 84 valence electrons. The molecule has 1 saturated carbocycles. The van der Waals surface area contributed by atoms with Gasteiger partial charge in [-0.3, -0.25) is 4.57 Å². The van der Waals surface area contributed by atoms with Crippen molar-refractivity contribution in [2.24, 2.45) is 5.73 Å². The first-order valence-electron chi connectivity index (χ1n) is 5.45. The molecule has 0 bridgehead atoms. The molecule has 1 atom stereocenters. The Morgan fingerprint density at radius 1 is 1.53 bits per heavy atom. The van der Waals surface area contributed by atoms with Crippen LogP contribution in [0.15, 0.2) is 0 Å². The lowest BCUT2D eigenvalue weighted by atomic mass is 9.92. The number of rotatable bonds is 4. The third-order valence-corrected chi connectivity index (χ3v) is 2.86. The number of aromatic nitrogens is 3. The Hall–Kier alpha value is -1.10. The zero-order valence-electron chi connectivity index (χ0n) is 9.31. The van der Waals surface area contributed by atoms with Gasteiger partial charge >= 0.3 is 6.01 Å². The van der Waals surface area contributed by atoms with E-state index in [0.717, 1.165) is 12.2 Å². The molecule has 1 aromatic heterocycles. The van der Waals surface area contributed by atoms with Gasteiger partial charge in [-0.15, -0.1) is 5.10 Å². The van der Waals surface area contributed by atoms with Crippen molar-refractivity contribution in [3.05, 3.63) is 5.82 Å². The lowest BCUT2D eigenvalue weighted by Gasteiger charge is -2.28. The fourth-order valence-corrected chi connectivity index (χ4v) is 1.89. The van der Waals surface area contributed by atoms with Gasteiger partial charge in [0, 0.05) is 18.5 Å². The number of nitrogens with two attached hydrogens (primary N) is 1. The van der Waals surface area contributed by atoms with E-state index in [1.54, 1.807) is 7.11 Å².